The summed E-state index contributed by atoms with van der Waals surface area (Å²) in [6.07, 6.45) is 1.62. The van der Waals surface area contributed by atoms with E-state index in [1.807, 2.05) is 140 Å². The summed E-state index contributed by atoms with van der Waals surface area (Å²) in [6.45, 7) is 2.32. The zero-order chi connectivity index (χ0) is 36.1. The van der Waals surface area contributed by atoms with Gasteiger partial charge in [-0.2, -0.15) is 0 Å². The number of thioether (sulfide) groups is 1. The van der Waals surface area contributed by atoms with Crippen LogP contribution in [0, 0.1) is 0 Å². The number of ether oxygens (including phenoxy) is 1. The van der Waals surface area contributed by atoms with Gasteiger partial charge in [0.15, 0.2) is 0 Å². The van der Waals surface area contributed by atoms with E-state index >= 15 is 0 Å². The molecule has 0 saturated heterocycles. The van der Waals surface area contributed by atoms with E-state index in [1.54, 1.807) is 47.4 Å². The zero-order valence-corrected chi connectivity index (χ0v) is 29.3. The Morgan fingerprint density at radius 1 is 0.673 bits per heavy atom. The fraction of sp³-hybridized carbons (Fsp3) is 0.0682. The van der Waals surface area contributed by atoms with Gasteiger partial charge in [0.2, 0.25) is 5.91 Å². The van der Waals surface area contributed by atoms with Crippen molar-refractivity contribution >= 4 is 52.6 Å². The van der Waals surface area contributed by atoms with Crippen LogP contribution in [-0.4, -0.2) is 23.0 Å². The average Bonchev–Trinajstić information content (AvgIpc) is 3.19. The van der Waals surface area contributed by atoms with Crippen LogP contribution in [0.2, 0.25) is 0 Å². The van der Waals surface area contributed by atoms with Gasteiger partial charge in [-0.3, -0.25) is 19.3 Å². The van der Waals surface area contributed by atoms with Crippen LogP contribution in [0.15, 0.2) is 180 Å². The third kappa shape index (κ3) is 9.65. The van der Waals surface area contributed by atoms with Crippen molar-refractivity contribution in [3.63, 3.8) is 0 Å². The lowest BCUT2D eigenvalue weighted by Gasteiger charge is -2.26. The second kappa shape index (κ2) is 17.5. The Labute approximate surface area is 308 Å². The molecule has 0 fully saturated rings. The summed E-state index contributed by atoms with van der Waals surface area (Å²) in [5.41, 5.74) is 4.38. The van der Waals surface area contributed by atoms with Crippen molar-refractivity contribution in [1.29, 1.82) is 0 Å². The third-order valence-electron chi connectivity index (χ3n) is 7.99. The molecule has 0 bridgehead atoms. The number of hydrogen-bond acceptors (Lipinski definition) is 5. The van der Waals surface area contributed by atoms with Crippen molar-refractivity contribution in [3.8, 4) is 5.75 Å². The predicted octanol–water partition coefficient (Wildman–Crippen LogP) is 9.52. The van der Waals surface area contributed by atoms with Gasteiger partial charge in [-0.15, -0.1) is 11.8 Å². The van der Waals surface area contributed by atoms with Crippen LogP contribution < -0.4 is 20.3 Å². The quantitative estimate of drug-likeness (QED) is 0.0925. The summed E-state index contributed by atoms with van der Waals surface area (Å²) in [4.78, 5) is 43.1. The molecule has 2 N–H and O–H groups in total. The Morgan fingerprint density at radius 3 is 1.79 bits per heavy atom. The summed E-state index contributed by atoms with van der Waals surface area (Å²) in [7, 11) is 0. The van der Waals surface area contributed by atoms with Crippen molar-refractivity contribution in [2.75, 3.05) is 10.2 Å². The molecular weight excluding hydrogens is 667 g/mol. The van der Waals surface area contributed by atoms with Crippen molar-refractivity contribution in [2.45, 2.75) is 23.7 Å². The van der Waals surface area contributed by atoms with Crippen LogP contribution in [0.4, 0.5) is 17.1 Å². The van der Waals surface area contributed by atoms with E-state index < -0.39 is 17.1 Å². The van der Waals surface area contributed by atoms with Crippen molar-refractivity contribution in [3.05, 3.63) is 192 Å². The molecule has 52 heavy (non-hydrogen) atoms. The smallest absolute Gasteiger partial charge is 0.272 e. The van der Waals surface area contributed by atoms with Crippen LogP contribution in [0.25, 0.3) is 6.08 Å². The highest BCUT2D eigenvalue weighted by molar-refractivity contribution is 8.00. The van der Waals surface area contributed by atoms with E-state index in [9.17, 15) is 14.4 Å². The molecule has 1 atom stereocenters. The molecule has 0 heterocycles. The van der Waals surface area contributed by atoms with Crippen LogP contribution >= 0.6 is 11.8 Å². The maximum Gasteiger partial charge on any atom is 0.272 e. The monoisotopic (exact) mass is 703 g/mol. The van der Waals surface area contributed by atoms with Crippen molar-refractivity contribution in [1.82, 2.24) is 5.32 Å². The Kier molecular flexibility index (Phi) is 11.9. The number of nitrogens with zero attached hydrogens (tertiary/aromatic N) is 1. The van der Waals surface area contributed by atoms with E-state index in [2.05, 4.69) is 10.6 Å². The second-order valence-electron chi connectivity index (χ2n) is 11.8. The minimum atomic E-state index is -0.487. The lowest BCUT2D eigenvalue weighted by Crippen LogP contribution is -2.32. The highest BCUT2D eigenvalue weighted by Gasteiger charge is 2.24. The van der Waals surface area contributed by atoms with Gasteiger partial charge in [0.05, 0.1) is 5.25 Å². The zero-order valence-electron chi connectivity index (χ0n) is 28.5. The highest BCUT2D eigenvalue weighted by atomic mass is 32.2. The Balaban J connectivity index is 1.14. The van der Waals surface area contributed by atoms with Gasteiger partial charge in [0.1, 0.15) is 18.1 Å². The molecule has 7 nitrogen and oxygen atoms in total. The maximum absolute atomic E-state index is 13.8. The van der Waals surface area contributed by atoms with Gasteiger partial charge >= 0.3 is 0 Å². The lowest BCUT2D eigenvalue weighted by molar-refractivity contribution is -0.117. The molecule has 6 aromatic carbocycles. The SMILES string of the molecule is CC(Sc1ccc(NC(=O)/C(=C/c2ccc(OCc3ccccc3)cc2)NC(=O)c2ccccc2)cc1)C(=O)N(c1ccccc1)c1ccccc1. The van der Waals surface area contributed by atoms with Gasteiger partial charge in [-0.05, 0) is 96.9 Å². The van der Waals surface area contributed by atoms with Crippen LogP contribution in [0.1, 0.15) is 28.4 Å². The normalized spacial score (nSPS) is 11.6. The van der Waals surface area contributed by atoms with Gasteiger partial charge < -0.3 is 15.4 Å². The summed E-state index contributed by atoms with van der Waals surface area (Å²) < 4.78 is 5.91. The first-order valence-corrected chi connectivity index (χ1v) is 17.7. The molecule has 6 rings (SSSR count). The summed E-state index contributed by atoms with van der Waals surface area (Å²) in [5, 5.41) is 5.28. The fourth-order valence-electron chi connectivity index (χ4n) is 5.32. The highest BCUT2D eigenvalue weighted by Crippen LogP contribution is 2.31. The van der Waals surface area contributed by atoms with Crippen molar-refractivity contribution < 1.29 is 19.1 Å². The standard InChI is InChI=1S/C44H37N3O4S/c1-32(44(50)47(37-18-10-4-11-19-37)38-20-12-5-13-21-38)52-40-28-24-36(25-29-40)45-43(49)41(46-42(48)35-16-8-3-9-17-35)30-33-22-26-39(27-23-33)51-31-34-14-6-2-7-15-34/h2-30,32H,31H2,1H3,(H,45,49)(H,46,48)/b41-30-. The molecule has 0 radical (unpaired) electrons. The van der Waals surface area contributed by atoms with Crippen LogP contribution in [0.5, 0.6) is 5.75 Å². The molecule has 258 valence electrons. The lowest BCUT2D eigenvalue weighted by atomic mass is 10.1. The number of carbonyl (C=O) groups is 3. The van der Waals surface area contributed by atoms with E-state index in [4.69, 9.17) is 4.74 Å². The largest absolute Gasteiger partial charge is 0.489 e. The van der Waals surface area contributed by atoms with Gasteiger partial charge in [-0.25, -0.2) is 0 Å². The van der Waals surface area contributed by atoms with E-state index in [0.29, 0.717) is 29.2 Å². The fourth-order valence-corrected chi connectivity index (χ4v) is 6.23. The van der Waals surface area contributed by atoms with Crippen LogP contribution in [0.3, 0.4) is 0 Å². The van der Waals surface area contributed by atoms with Gasteiger partial charge in [-0.1, -0.05) is 97.1 Å². The number of anilines is 3. The number of rotatable bonds is 13. The number of para-hydroxylation sites is 2. The number of amides is 3. The molecule has 0 aromatic heterocycles. The molecule has 6 aromatic rings. The molecule has 1 unspecified atom stereocenters. The summed E-state index contributed by atoms with van der Waals surface area (Å²) in [5.74, 6) is -0.268. The van der Waals surface area contributed by atoms with E-state index in [0.717, 1.165) is 21.8 Å². The van der Waals surface area contributed by atoms with Gasteiger partial charge in [0, 0.05) is 27.5 Å². The first-order valence-electron chi connectivity index (χ1n) is 16.8. The first-order chi connectivity index (χ1) is 25.4. The number of benzene rings is 6. The molecule has 0 aliphatic heterocycles. The minimum absolute atomic E-state index is 0.0560. The Hall–Kier alpha value is -6.38. The molecule has 0 aliphatic carbocycles. The average molecular weight is 704 g/mol. The van der Waals surface area contributed by atoms with E-state index in [1.165, 1.54) is 11.8 Å². The van der Waals surface area contributed by atoms with E-state index in [-0.39, 0.29) is 11.6 Å². The number of nitrogens with one attached hydrogen (secondary N) is 2. The molecule has 3 amide bonds. The summed E-state index contributed by atoms with van der Waals surface area (Å²) in [6, 6.07) is 52.4. The second-order valence-corrected chi connectivity index (χ2v) is 13.2. The maximum atomic E-state index is 13.8. The third-order valence-corrected chi connectivity index (χ3v) is 9.09. The summed E-state index contributed by atoms with van der Waals surface area (Å²) >= 11 is 1.43. The number of carbonyl (C=O) groups excluding carboxylic acids is 3. The molecule has 0 aliphatic rings. The molecule has 0 spiro atoms. The molecular formula is C44H37N3O4S. The Morgan fingerprint density at radius 2 is 1.21 bits per heavy atom. The minimum Gasteiger partial charge on any atom is -0.489 e. The predicted molar refractivity (Wildman–Crippen MR) is 210 cm³/mol. The first kappa shape index (κ1) is 35.4. The Bertz CT molecular complexity index is 2070. The van der Waals surface area contributed by atoms with Crippen molar-refractivity contribution in [2.24, 2.45) is 0 Å². The van der Waals surface area contributed by atoms with Crippen LogP contribution in [-0.2, 0) is 16.2 Å². The topological polar surface area (TPSA) is 87.7 Å². The number of hydrogen-bond donors (Lipinski definition) is 2. The molecule has 0 saturated carbocycles. The van der Waals surface area contributed by atoms with Gasteiger partial charge in [0.25, 0.3) is 11.8 Å². The molecule has 8 heteroatoms.